The maximum absolute atomic E-state index is 10.5. The molecule has 1 unspecified atom stereocenters. The zero-order valence-corrected chi connectivity index (χ0v) is 12.9. The van der Waals surface area contributed by atoms with Gasteiger partial charge >= 0.3 is 0 Å². The van der Waals surface area contributed by atoms with Gasteiger partial charge in [0.15, 0.2) is 0 Å². The van der Waals surface area contributed by atoms with Crippen LogP contribution in [0, 0.1) is 0 Å². The van der Waals surface area contributed by atoms with Crippen LogP contribution < -0.4 is 9.47 Å². The van der Waals surface area contributed by atoms with Gasteiger partial charge in [0.05, 0.1) is 18.7 Å². The quantitative estimate of drug-likeness (QED) is 0.868. The molecule has 0 aliphatic rings. The summed E-state index contributed by atoms with van der Waals surface area (Å²) in [6.07, 6.45) is 0.121. The van der Waals surface area contributed by atoms with Gasteiger partial charge in [-0.3, -0.25) is 0 Å². The molecule has 0 aliphatic carbocycles. The first-order chi connectivity index (χ1) is 10.2. The summed E-state index contributed by atoms with van der Waals surface area (Å²) in [6.45, 7) is 2.74. The van der Waals surface area contributed by atoms with Gasteiger partial charge < -0.3 is 14.6 Å². The minimum absolute atomic E-state index is 0.480. The van der Waals surface area contributed by atoms with Crippen LogP contribution in [0.5, 0.6) is 11.5 Å². The summed E-state index contributed by atoms with van der Waals surface area (Å²) in [5.41, 5.74) is 1.31. The number of ether oxygens (including phenoxy) is 2. The second-order valence-corrected chi connectivity index (χ2v) is 5.08. The summed E-state index contributed by atoms with van der Waals surface area (Å²) in [7, 11) is 1.56. The minimum atomic E-state index is -0.839. The lowest BCUT2D eigenvalue weighted by molar-refractivity contribution is 0.214. The van der Waals surface area contributed by atoms with E-state index in [9.17, 15) is 5.11 Å². The molecule has 3 nitrogen and oxygen atoms in total. The maximum Gasteiger partial charge on any atom is 0.126 e. The number of rotatable bonds is 6. The fraction of sp³-hybridized carbons (Fsp3) is 0.294. The van der Waals surface area contributed by atoms with Gasteiger partial charge in [-0.05, 0) is 36.2 Å². The van der Waals surface area contributed by atoms with Crippen LogP contribution in [0.4, 0.5) is 0 Å². The molecule has 0 spiro atoms. The van der Waals surface area contributed by atoms with Gasteiger partial charge in [0.25, 0.3) is 0 Å². The van der Waals surface area contributed by atoms with Gasteiger partial charge in [0, 0.05) is 5.56 Å². The molecule has 1 N–H and O–H groups in total. The highest BCUT2D eigenvalue weighted by molar-refractivity contribution is 6.31. The molecule has 2 aromatic carbocycles. The van der Waals surface area contributed by atoms with Crippen LogP contribution >= 0.6 is 11.6 Å². The van der Waals surface area contributed by atoms with E-state index in [-0.39, 0.29) is 0 Å². The van der Waals surface area contributed by atoms with Crippen molar-refractivity contribution in [3.05, 3.63) is 58.6 Å². The van der Waals surface area contributed by atoms with Crippen molar-refractivity contribution in [2.24, 2.45) is 0 Å². The molecule has 21 heavy (non-hydrogen) atoms. The Hall–Kier alpha value is -1.71. The van der Waals surface area contributed by atoms with Gasteiger partial charge in [-0.15, -0.1) is 0 Å². The number of aliphatic hydroxyl groups excluding tert-OH is 1. The average molecular weight is 307 g/mol. The molecule has 0 amide bonds. The third-order valence-electron chi connectivity index (χ3n) is 3.17. The van der Waals surface area contributed by atoms with E-state index in [2.05, 4.69) is 6.92 Å². The van der Waals surface area contributed by atoms with E-state index in [0.29, 0.717) is 22.9 Å². The number of hydrogen-bond acceptors (Lipinski definition) is 3. The van der Waals surface area contributed by atoms with Crippen molar-refractivity contribution in [1.82, 2.24) is 0 Å². The van der Waals surface area contributed by atoms with E-state index in [4.69, 9.17) is 21.1 Å². The van der Waals surface area contributed by atoms with Crippen molar-refractivity contribution in [3.8, 4) is 11.5 Å². The van der Waals surface area contributed by atoms with Crippen LogP contribution in [0.3, 0.4) is 0 Å². The highest BCUT2D eigenvalue weighted by atomic mass is 35.5. The van der Waals surface area contributed by atoms with Crippen LogP contribution in [0.2, 0.25) is 5.02 Å². The zero-order chi connectivity index (χ0) is 15.2. The number of methoxy groups -OCH3 is 1. The summed E-state index contributed by atoms with van der Waals surface area (Å²) in [4.78, 5) is 0. The van der Waals surface area contributed by atoms with Crippen molar-refractivity contribution >= 4 is 11.6 Å². The molecule has 2 rings (SSSR count). The monoisotopic (exact) mass is 306 g/mol. The lowest BCUT2D eigenvalue weighted by Crippen LogP contribution is -2.03. The van der Waals surface area contributed by atoms with Crippen LogP contribution in [0.25, 0.3) is 0 Å². The Kier molecular flexibility index (Phi) is 5.48. The van der Waals surface area contributed by atoms with Crippen molar-refractivity contribution in [2.45, 2.75) is 19.4 Å². The van der Waals surface area contributed by atoms with E-state index in [1.54, 1.807) is 25.3 Å². The van der Waals surface area contributed by atoms with Crippen LogP contribution in [0.1, 0.15) is 30.6 Å². The molecule has 0 saturated carbocycles. The molecule has 0 fully saturated rings. The first kappa shape index (κ1) is 15.7. The Morgan fingerprint density at radius 1 is 1.14 bits per heavy atom. The van der Waals surface area contributed by atoms with E-state index in [1.807, 2.05) is 24.3 Å². The number of halogens is 1. The van der Waals surface area contributed by atoms with Crippen LogP contribution in [0.15, 0.2) is 42.5 Å². The number of hydrogen-bond donors (Lipinski definition) is 1. The summed E-state index contributed by atoms with van der Waals surface area (Å²) in [5, 5.41) is 11.0. The molecule has 2 aromatic rings. The molecular weight excluding hydrogens is 288 g/mol. The Balaban J connectivity index is 2.26. The Morgan fingerprint density at radius 3 is 2.48 bits per heavy atom. The summed E-state index contributed by atoms with van der Waals surface area (Å²) in [5.74, 6) is 1.36. The lowest BCUT2D eigenvalue weighted by atomic mass is 10.0. The molecular formula is C17H19ClO3. The van der Waals surface area contributed by atoms with Crippen molar-refractivity contribution in [3.63, 3.8) is 0 Å². The summed E-state index contributed by atoms with van der Waals surface area (Å²) in [6, 6.07) is 12.7. The van der Waals surface area contributed by atoms with Crippen LogP contribution in [-0.2, 0) is 0 Å². The molecule has 1 atom stereocenters. The van der Waals surface area contributed by atoms with Crippen LogP contribution in [-0.4, -0.2) is 18.8 Å². The van der Waals surface area contributed by atoms with Gasteiger partial charge in [-0.2, -0.15) is 0 Å². The first-order valence-electron chi connectivity index (χ1n) is 6.90. The second-order valence-electron chi connectivity index (χ2n) is 4.68. The number of benzene rings is 2. The van der Waals surface area contributed by atoms with Gasteiger partial charge in [-0.25, -0.2) is 0 Å². The zero-order valence-electron chi connectivity index (χ0n) is 12.2. The van der Waals surface area contributed by atoms with Gasteiger partial charge in [-0.1, -0.05) is 36.7 Å². The smallest absolute Gasteiger partial charge is 0.126 e. The molecule has 0 saturated heterocycles. The Bertz CT molecular complexity index is 581. The molecule has 0 aromatic heterocycles. The summed E-state index contributed by atoms with van der Waals surface area (Å²) >= 11 is 6.19. The predicted molar refractivity (Wildman–Crippen MR) is 84.3 cm³/mol. The summed E-state index contributed by atoms with van der Waals surface area (Å²) < 4.78 is 10.8. The Morgan fingerprint density at radius 2 is 1.86 bits per heavy atom. The first-order valence-corrected chi connectivity index (χ1v) is 7.28. The van der Waals surface area contributed by atoms with Gasteiger partial charge in [0.1, 0.15) is 17.6 Å². The fourth-order valence-electron chi connectivity index (χ4n) is 2.09. The normalized spacial score (nSPS) is 12.0. The third kappa shape index (κ3) is 3.69. The fourth-order valence-corrected chi connectivity index (χ4v) is 2.36. The van der Waals surface area contributed by atoms with Crippen molar-refractivity contribution < 1.29 is 14.6 Å². The topological polar surface area (TPSA) is 38.7 Å². The highest BCUT2D eigenvalue weighted by Crippen LogP contribution is 2.35. The van der Waals surface area contributed by atoms with E-state index in [0.717, 1.165) is 17.7 Å². The largest absolute Gasteiger partial charge is 0.496 e. The molecule has 0 bridgehead atoms. The molecule has 0 radical (unpaired) electrons. The molecule has 4 heteroatoms. The molecule has 0 aliphatic heterocycles. The third-order valence-corrected chi connectivity index (χ3v) is 3.50. The predicted octanol–water partition coefficient (Wildman–Crippen LogP) is 4.22. The standard InChI is InChI=1S/C17H19ClO3/c1-3-11-21-13-9-7-12(8-10-13)17(19)16-14(18)5-4-6-15(16)20-2/h4-10,17,19H,3,11H2,1-2H3. The minimum Gasteiger partial charge on any atom is -0.496 e. The lowest BCUT2D eigenvalue weighted by Gasteiger charge is -2.17. The van der Waals surface area contributed by atoms with E-state index < -0.39 is 6.10 Å². The highest BCUT2D eigenvalue weighted by Gasteiger charge is 2.18. The van der Waals surface area contributed by atoms with Crippen molar-refractivity contribution in [1.29, 1.82) is 0 Å². The molecule has 0 heterocycles. The molecule has 112 valence electrons. The van der Waals surface area contributed by atoms with Gasteiger partial charge in [0.2, 0.25) is 0 Å². The van der Waals surface area contributed by atoms with E-state index >= 15 is 0 Å². The van der Waals surface area contributed by atoms with E-state index in [1.165, 1.54) is 0 Å². The Labute approximate surface area is 130 Å². The second kappa shape index (κ2) is 7.34. The SMILES string of the molecule is CCCOc1ccc(C(O)c2c(Cl)cccc2OC)cc1. The van der Waals surface area contributed by atoms with Crippen molar-refractivity contribution in [2.75, 3.05) is 13.7 Å². The average Bonchev–Trinajstić information content (AvgIpc) is 2.52. The number of aliphatic hydroxyl groups is 1. The maximum atomic E-state index is 10.5.